The molecule has 24 heavy (non-hydrogen) atoms. The molecule has 2 heterocycles. The Hall–Kier alpha value is -2.43. The lowest BCUT2D eigenvalue weighted by Crippen LogP contribution is -2.31. The van der Waals surface area contributed by atoms with Crippen molar-refractivity contribution in [1.82, 2.24) is 4.90 Å². The predicted molar refractivity (Wildman–Crippen MR) is 90.3 cm³/mol. The molecule has 0 saturated carbocycles. The van der Waals surface area contributed by atoms with Crippen molar-refractivity contribution in [2.24, 2.45) is 0 Å². The van der Waals surface area contributed by atoms with Gasteiger partial charge >= 0.3 is 0 Å². The van der Waals surface area contributed by atoms with Gasteiger partial charge in [-0.15, -0.1) is 0 Å². The molecule has 0 atom stereocenters. The van der Waals surface area contributed by atoms with Gasteiger partial charge in [-0.2, -0.15) is 0 Å². The fourth-order valence-electron chi connectivity index (χ4n) is 2.84. The zero-order valence-corrected chi connectivity index (χ0v) is 14.6. The fourth-order valence-corrected chi connectivity index (χ4v) is 2.84. The number of rotatable bonds is 5. The molecule has 1 aliphatic heterocycles. The number of ether oxygens (including phenoxy) is 2. The Kier molecular flexibility index (Phi) is 4.26. The highest BCUT2D eigenvalue weighted by molar-refractivity contribution is 5.77. The summed E-state index contributed by atoms with van der Waals surface area (Å²) in [5, 5.41) is 0. The van der Waals surface area contributed by atoms with Gasteiger partial charge in [-0.25, -0.2) is 0 Å². The Labute approximate surface area is 142 Å². The number of carbonyl (C=O) groups is 1. The van der Waals surface area contributed by atoms with Gasteiger partial charge < -0.3 is 18.8 Å². The second kappa shape index (κ2) is 6.23. The summed E-state index contributed by atoms with van der Waals surface area (Å²) < 4.78 is 17.2. The van der Waals surface area contributed by atoms with Crippen LogP contribution in [0.5, 0.6) is 11.5 Å². The molecule has 0 unspecified atom stereocenters. The standard InChI is InChI=1S/C19H23NO4/c1-13-8-9-15(23-13)11-20(4)17(21)12-22-16-7-5-6-14-10-19(2,3)24-18(14)16/h5-9H,10-12H2,1-4H3. The Morgan fingerprint density at radius 1 is 1.29 bits per heavy atom. The molecule has 0 fully saturated rings. The summed E-state index contributed by atoms with van der Waals surface area (Å²) in [7, 11) is 1.73. The summed E-state index contributed by atoms with van der Waals surface area (Å²) in [6.07, 6.45) is 0.839. The van der Waals surface area contributed by atoms with Gasteiger partial charge in [-0.3, -0.25) is 4.79 Å². The van der Waals surface area contributed by atoms with Gasteiger partial charge in [0.05, 0.1) is 6.54 Å². The zero-order chi connectivity index (χ0) is 17.3. The molecule has 2 aromatic rings. The topological polar surface area (TPSA) is 51.9 Å². The third-order valence-electron chi connectivity index (χ3n) is 4.02. The molecular weight excluding hydrogens is 306 g/mol. The largest absolute Gasteiger partial charge is 0.483 e. The predicted octanol–water partition coefficient (Wildman–Crippen LogP) is 3.34. The van der Waals surface area contributed by atoms with Crippen LogP contribution in [-0.2, 0) is 17.8 Å². The molecule has 1 aliphatic rings. The van der Waals surface area contributed by atoms with Crippen LogP contribution in [0.1, 0.15) is 30.9 Å². The van der Waals surface area contributed by atoms with Crippen molar-refractivity contribution in [3.05, 3.63) is 47.4 Å². The molecule has 1 aromatic carbocycles. The Bertz CT molecular complexity index is 748. The lowest BCUT2D eigenvalue weighted by Gasteiger charge is -2.19. The van der Waals surface area contributed by atoms with Crippen molar-refractivity contribution in [2.45, 2.75) is 39.3 Å². The number of furan rings is 1. The number of hydrogen-bond donors (Lipinski definition) is 0. The number of benzene rings is 1. The smallest absolute Gasteiger partial charge is 0.260 e. The number of para-hydroxylation sites is 1. The van der Waals surface area contributed by atoms with E-state index in [4.69, 9.17) is 13.9 Å². The molecule has 5 heteroatoms. The number of fused-ring (bicyclic) bond motifs is 1. The summed E-state index contributed by atoms with van der Waals surface area (Å²) in [6.45, 7) is 6.36. The molecule has 1 amide bonds. The van der Waals surface area contributed by atoms with E-state index in [1.807, 2.05) is 51.1 Å². The minimum Gasteiger partial charge on any atom is -0.483 e. The average Bonchev–Trinajstić information content (AvgIpc) is 3.05. The normalized spacial score (nSPS) is 14.8. The SMILES string of the molecule is Cc1ccc(CN(C)C(=O)COc2cccc3c2OC(C)(C)C3)o1. The van der Waals surface area contributed by atoms with E-state index in [0.717, 1.165) is 29.3 Å². The number of hydrogen-bond acceptors (Lipinski definition) is 4. The lowest BCUT2D eigenvalue weighted by atomic mass is 10.0. The highest BCUT2D eigenvalue weighted by Crippen LogP contribution is 2.41. The van der Waals surface area contributed by atoms with E-state index in [2.05, 4.69) is 0 Å². The number of nitrogens with zero attached hydrogens (tertiary/aromatic N) is 1. The van der Waals surface area contributed by atoms with Gasteiger partial charge in [0.15, 0.2) is 18.1 Å². The maximum atomic E-state index is 12.3. The van der Waals surface area contributed by atoms with Crippen LogP contribution in [0.3, 0.4) is 0 Å². The fraction of sp³-hybridized carbons (Fsp3) is 0.421. The molecule has 0 aliphatic carbocycles. The van der Waals surface area contributed by atoms with Crippen LogP contribution in [0.15, 0.2) is 34.7 Å². The lowest BCUT2D eigenvalue weighted by molar-refractivity contribution is -0.132. The van der Waals surface area contributed by atoms with Crippen LogP contribution in [-0.4, -0.2) is 30.1 Å². The van der Waals surface area contributed by atoms with E-state index in [-0.39, 0.29) is 18.1 Å². The summed E-state index contributed by atoms with van der Waals surface area (Å²) in [6, 6.07) is 9.56. The molecule has 0 saturated heterocycles. The van der Waals surface area contributed by atoms with E-state index in [9.17, 15) is 4.79 Å². The molecule has 3 rings (SSSR count). The van der Waals surface area contributed by atoms with E-state index >= 15 is 0 Å². The van der Waals surface area contributed by atoms with Crippen LogP contribution in [0.4, 0.5) is 0 Å². The maximum Gasteiger partial charge on any atom is 0.260 e. The summed E-state index contributed by atoms with van der Waals surface area (Å²) in [4.78, 5) is 13.9. The number of aryl methyl sites for hydroxylation is 1. The Morgan fingerprint density at radius 2 is 2.08 bits per heavy atom. The molecular formula is C19H23NO4. The third kappa shape index (κ3) is 3.55. The first-order valence-corrected chi connectivity index (χ1v) is 8.07. The molecule has 0 spiro atoms. The Balaban J connectivity index is 1.60. The van der Waals surface area contributed by atoms with Crippen molar-refractivity contribution in [2.75, 3.05) is 13.7 Å². The van der Waals surface area contributed by atoms with E-state index in [1.165, 1.54) is 0 Å². The molecule has 0 N–H and O–H groups in total. The first-order valence-electron chi connectivity index (χ1n) is 8.07. The van der Waals surface area contributed by atoms with Gasteiger partial charge in [0.1, 0.15) is 17.1 Å². The number of carbonyl (C=O) groups excluding carboxylic acids is 1. The van der Waals surface area contributed by atoms with Gasteiger partial charge in [0.25, 0.3) is 5.91 Å². The minimum atomic E-state index is -0.236. The zero-order valence-electron chi connectivity index (χ0n) is 14.6. The minimum absolute atomic E-state index is 0.0313. The van der Waals surface area contributed by atoms with Crippen molar-refractivity contribution >= 4 is 5.91 Å². The Morgan fingerprint density at radius 3 is 2.79 bits per heavy atom. The van der Waals surface area contributed by atoms with Gasteiger partial charge in [0.2, 0.25) is 0 Å². The second-order valence-electron chi connectivity index (χ2n) is 6.83. The number of amides is 1. The molecule has 0 radical (unpaired) electrons. The van der Waals surface area contributed by atoms with Crippen molar-refractivity contribution in [3.63, 3.8) is 0 Å². The number of likely N-dealkylation sites (N-methyl/N-ethyl adjacent to an activating group) is 1. The van der Waals surface area contributed by atoms with Crippen LogP contribution < -0.4 is 9.47 Å². The first-order chi connectivity index (χ1) is 11.3. The summed E-state index contributed by atoms with van der Waals surface area (Å²) in [5.41, 5.74) is 0.879. The maximum absolute atomic E-state index is 12.3. The van der Waals surface area contributed by atoms with Crippen molar-refractivity contribution in [3.8, 4) is 11.5 Å². The molecule has 128 valence electrons. The van der Waals surface area contributed by atoms with E-state index < -0.39 is 0 Å². The average molecular weight is 329 g/mol. The summed E-state index contributed by atoms with van der Waals surface area (Å²) >= 11 is 0. The van der Waals surface area contributed by atoms with Gasteiger partial charge in [0, 0.05) is 19.0 Å². The molecule has 5 nitrogen and oxygen atoms in total. The van der Waals surface area contributed by atoms with Crippen LogP contribution in [0, 0.1) is 6.92 Å². The molecule has 1 aromatic heterocycles. The second-order valence-corrected chi connectivity index (χ2v) is 6.83. The quantitative estimate of drug-likeness (QED) is 0.844. The van der Waals surface area contributed by atoms with Crippen molar-refractivity contribution in [1.29, 1.82) is 0 Å². The van der Waals surface area contributed by atoms with Gasteiger partial charge in [-0.1, -0.05) is 12.1 Å². The van der Waals surface area contributed by atoms with Gasteiger partial charge in [-0.05, 0) is 39.0 Å². The van der Waals surface area contributed by atoms with Crippen LogP contribution in [0.2, 0.25) is 0 Å². The summed E-state index contributed by atoms with van der Waals surface area (Å²) in [5.74, 6) is 2.85. The van der Waals surface area contributed by atoms with E-state index in [1.54, 1.807) is 11.9 Å². The van der Waals surface area contributed by atoms with Crippen LogP contribution in [0.25, 0.3) is 0 Å². The molecule has 0 bridgehead atoms. The van der Waals surface area contributed by atoms with Crippen molar-refractivity contribution < 1.29 is 18.7 Å². The monoisotopic (exact) mass is 329 g/mol. The highest BCUT2D eigenvalue weighted by Gasteiger charge is 2.32. The third-order valence-corrected chi connectivity index (χ3v) is 4.02. The van der Waals surface area contributed by atoms with Crippen LogP contribution >= 0.6 is 0 Å². The first kappa shape index (κ1) is 16.4. The van der Waals surface area contributed by atoms with E-state index in [0.29, 0.717) is 12.3 Å². The highest BCUT2D eigenvalue weighted by atomic mass is 16.5.